The molecule has 0 aliphatic carbocycles. The van der Waals surface area contributed by atoms with Crippen LogP contribution < -0.4 is 5.32 Å². The standard InChI is InChI=1S/C10H13NO4S/c12-8-3-1-2-7(4-8)11-9-5-16(14,15)6-10(9)13/h1-4,9-13H,5-6H2/p+1/t9-,10+/m1/s1. The maximum atomic E-state index is 11.3. The number of nitrogens with two attached hydrogens (primary N) is 1. The molecule has 16 heavy (non-hydrogen) atoms. The number of rotatable bonds is 2. The molecular formula is C10H14NO4S+. The van der Waals surface area contributed by atoms with E-state index in [2.05, 4.69) is 0 Å². The smallest absolute Gasteiger partial charge is 0.159 e. The Balaban J connectivity index is 2.11. The summed E-state index contributed by atoms with van der Waals surface area (Å²) in [5.41, 5.74) is 0.723. The van der Waals surface area contributed by atoms with Gasteiger partial charge in [0, 0.05) is 6.07 Å². The molecule has 2 rings (SSSR count). The van der Waals surface area contributed by atoms with E-state index in [0.29, 0.717) is 0 Å². The fraction of sp³-hybridized carbons (Fsp3) is 0.400. The summed E-state index contributed by atoms with van der Waals surface area (Å²) in [6, 6.07) is 6.14. The largest absolute Gasteiger partial charge is 0.508 e. The molecule has 88 valence electrons. The lowest BCUT2D eigenvalue weighted by Crippen LogP contribution is -2.87. The van der Waals surface area contributed by atoms with Crippen molar-refractivity contribution in [2.24, 2.45) is 0 Å². The maximum absolute atomic E-state index is 11.3. The van der Waals surface area contributed by atoms with Gasteiger partial charge in [0.1, 0.15) is 29.3 Å². The second kappa shape index (κ2) is 4.04. The fourth-order valence-corrected chi connectivity index (χ4v) is 3.70. The normalized spacial score (nSPS) is 28.1. The summed E-state index contributed by atoms with van der Waals surface area (Å²) >= 11 is 0. The van der Waals surface area contributed by atoms with Gasteiger partial charge in [0.25, 0.3) is 0 Å². The van der Waals surface area contributed by atoms with Crippen LogP contribution in [0.15, 0.2) is 24.3 Å². The SMILES string of the molecule is O=S1(=O)C[C@H](O)[C@H]([NH2+]c2cccc(O)c2)C1. The van der Waals surface area contributed by atoms with Crippen molar-refractivity contribution in [3.63, 3.8) is 0 Å². The molecule has 1 fully saturated rings. The Labute approximate surface area is 93.6 Å². The Morgan fingerprint density at radius 2 is 2.06 bits per heavy atom. The van der Waals surface area contributed by atoms with Gasteiger partial charge in [0.2, 0.25) is 0 Å². The Morgan fingerprint density at radius 3 is 2.62 bits per heavy atom. The molecule has 0 aromatic heterocycles. The number of benzene rings is 1. The van der Waals surface area contributed by atoms with Crippen LogP contribution in [0.1, 0.15) is 0 Å². The summed E-state index contributed by atoms with van der Waals surface area (Å²) in [4.78, 5) is 0. The minimum atomic E-state index is -3.12. The molecule has 2 atom stereocenters. The van der Waals surface area contributed by atoms with Gasteiger partial charge >= 0.3 is 0 Å². The molecule has 0 spiro atoms. The van der Waals surface area contributed by atoms with E-state index in [-0.39, 0.29) is 23.3 Å². The summed E-state index contributed by atoms with van der Waals surface area (Å²) in [6.07, 6.45) is -0.840. The number of aliphatic hydroxyl groups excluding tert-OH is 1. The van der Waals surface area contributed by atoms with Gasteiger partial charge in [-0.1, -0.05) is 6.07 Å². The van der Waals surface area contributed by atoms with Crippen molar-refractivity contribution < 1.29 is 23.9 Å². The maximum Gasteiger partial charge on any atom is 0.159 e. The Morgan fingerprint density at radius 1 is 1.31 bits per heavy atom. The van der Waals surface area contributed by atoms with Crippen molar-refractivity contribution >= 4 is 15.5 Å². The lowest BCUT2D eigenvalue weighted by Gasteiger charge is -2.10. The number of quaternary nitrogens is 1. The van der Waals surface area contributed by atoms with E-state index in [4.69, 9.17) is 0 Å². The lowest BCUT2D eigenvalue weighted by atomic mass is 10.2. The highest BCUT2D eigenvalue weighted by Crippen LogP contribution is 2.14. The van der Waals surface area contributed by atoms with Crippen molar-refractivity contribution in [3.05, 3.63) is 24.3 Å². The molecule has 0 bridgehead atoms. The van der Waals surface area contributed by atoms with Crippen molar-refractivity contribution in [3.8, 4) is 5.75 Å². The van der Waals surface area contributed by atoms with E-state index in [1.54, 1.807) is 23.5 Å². The summed E-state index contributed by atoms with van der Waals surface area (Å²) in [6.45, 7) is 0. The number of aliphatic hydroxyl groups is 1. The zero-order chi connectivity index (χ0) is 11.8. The monoisotopic (exact) mass is 244 g/mol. The second-order valence-electron chi connectivity index (χ2n) is 4.07. The van der Waals surface area contributed by atoms with E-state index in [9.17, 15) is 18.6 Å². The highest BCUT2D eigenvalue weighted by molar-refractivity contribution is 7.91. The van der Waals surface area contributed by atoms with Gasteiger partial charge in [-0.05, 0) is 12.1 Å². The number of phenolic OH excluding ortho intramolecular Hbond substituents is 1. The predicted octanol–water partition coefficient (Wildman–Crippen LogP) is -1.25. The van der Waals surface area contributed by atoms with Crippen LogP contribution in [0, 0.1) is 0 Å². The minimum Gasteiger partial charge on any atom is -0.508 e. The molecule has 0 unspecified atom stereocenters. The van der Waals surface area contributed by atoms with E-state index in [0.717, 1.165) is 5.69 Å². The molecule has 1 aliphatic heterocycles. The van der Waals surface area contributed by atoms with Gasteiger partial charge in [-0.15, -0.1) is 0 Å². The topological polar surface area (TPSA) is 91.2 Å². The highest BCUT2D eigenvalue weighted by Gasteiger charge is 2.39. The van der Waals surface area contributed by atoms with Gasteiger partial charge in [-0.2, -0.15) is 0 Å². The summed E-state index contributed by atoms with van der Waals surface area (Å²) in [5.74, 6) is -0.0688. The first kappa shape index (κ1) is 11.4. The molecule has 1 aromatic rings. The van der Waals surface area contributed by atoms with Gasteiger partial charge in [0.05, 0.1) is 5.75 Å². The molecule has 4 N–H and O–H groups in total. The van der Waals surface area contributed by atoms with E-state index in [1.165, 1.54) is 6.07 Å². The van der Waals surface area contributed by atoms with Crippen LogP contribution >= 0.6 is 0 Å². The first-order valence-corrected chi connectivity index (χ1v) is 6.81. The van der Waals surface area contributed by atoms with Crippen molar-refractivity contribution in [2.45, 2.75) is 12.1 Å². The number of hydrogen-bond acceptors (Lipinski definition) is 4. The molecule has 6 heteroatoms. The number of phenols is 1. The summed E-state index contributed by atoms with van der Waals surface area (Å²) in [7, 11) is -3.12. The first-order chi connectivity index (χ1) is 7.46. The molecular weight excluding hydrogens is 230 g/mol. The van der Waals surface area contributed by atoms with Crippen molar-refractivity contribution in [1.82, 2.24) is 0 Å². The summed E-state index contributed by atoms with van der Waals surface area (Å²) in [5, 5.41) is 20.5. The molecule has 0 radical (unpaired) electrons. The van der Waals surface area contributed by atoms with Crippen molar-refractivity contribution in [1.29, 1.82) is 0 Å². The zero-order valence-electron chi connectivity index (χ0n) is 8.57. The second-order valence-corrected chi connectivity index (χ2v) is 6.22. The third kappa shape index (κ3) is 2.52. The number of hydrogen-bond donors (Lipinski definition) is 3. The van der Waals surface area contributed by atoms with Gasteiger partial charge in [-0.25, -0.2) is 8.42 Å². The highest BCUT2D eigenvalue weighted by atomic mass is 32.2. The van der Waals surface area contributed by atoms with E-state index < -0.39 is 15.9 Å². The van der Waals surface area contributed by atoms with Crippen LogP contribution in [0.5, 0.6) is 5.75 Å². The van der Waals surface area contributed by atoms with Crippen molar-refractivity contribution in [2.75, 3.05) is 11.5 Å². The lowest BCUT2D eigenvalue weighted by molar-refractivity contribution is -0.613. The fourth-order valence-electron chi connectivity index (χ4n) is 1.89. The quantitative estimate of drug-likeness (QED) is 0.567. The Kier molecular flexibility index (Phi) is 2.88. The molecule has 0 saturated carbocycles. The van der Waals surface area contributed by atoms with Crippen LogP contribution in [0.2, 0.25) is 0 Å². The molecule has 1 aliphatic rings. The van der Waals surface area contributed by atoms with Gasteiger partial charge in [-0.3, -0.25) is 0 Å². The van der Waals surface area contributed by atoms with E-state index >= 15 is 0 Å². The van der Waals surface area contributed by atoms with Crippen LogP contribution in [0.3, 0.4) is 0 Å². The third-order valence-electron chi connectivity index (χ3n) is 2.64. The zero-order valence-corrected chi connectivity index (χ0v) is 9.39. The molecule has 0 amide bonds. The average Bonchev–Trinajstić information content (AvgIpc) is 2.39. The van der Waals surface area contributed by atoms with Crippen LogP contribution in [0.4, 0.5) is 5.69 Å². The van der Waals surface area contributed by atoms with Crippen LogP contribution in [0.25, 0.3) is 0 Å². The summed E-state index contributed by atoms with van der Waals surface area (Å²) < 4.78 is 22.6. The molecule has 1 heterocycles. The van der Waals surface area contributed by atoms with E-state index in [1.807, 2.05) is 0 Å². The van der Waals surface area contributed by atoms with Gasteiger partial charge in [0.15, 0.2) is 9.84 Å². The Bertz CT molecular complexity index is 485. The third-order valence-corrected chi connectivity index (χ3v) is 4.38. The first-order valence-electron chi connectivity index (χ1n) is 4.99. The van der Waals surface area contributed by atoms with Crippen LogP contribution in [-0.2, 0) is 9.84 Å². The molecule has 5 nitrogen and oxygen atoms in total. The molecule has 1 saturated heterocycles. The molecule has 1 aromatic carbocycles. The number of aromatic hydroxyl groups is 1. The minimum absolute atomic E-state index is 0.0240. The van der Waals surface area contributed by atoms with Crippen LogP contribution in [-0.4, -0.2) is 42.3 Å². The predicted molar refractivity (Wildman–Crippen MR) is 58.1 cm³/mol. The van der Waals surface area contributed by atoms with Gasteiger partial charge < -0.3 is 15.5 Å². The average molecular weight is 244 g/mol. The number of sulfone groups is 1. The Hall–Kier alpha value is -1.11.